The molecular weight excluding hydrogens is 470 g/mol. The van der Waals surface area contributed by atoms with Gasteiger partial charge in [-0.15, -0.1) is 0 Å². The van der Waals surface area contributed by atoms with Gasteiger partial charge in [0.05, 0.1) is 5.41 Å². The minimum Gasteiger partial charge on any atom is -0.381 e. The molecule has 190 valence electrons. The number of ether oxygens (including phenoxy) is 1. The summed E-state index contributed by atoms with van der Waals surface area (Å²) in [5.74, 6) is -0.924. The van der Waals surface area contributed by atoms with E-state index < -0.39 is 17.2 Å². The molecule has 0 bridgehead atoms. The zero-order chi connectivity index (χ0) is 26.0. The lowest BCUT2D eigenvalue weighted by atomic mass is 9.75. The van der Waals surface area contributed by atoms with E-state index in [1.54, 1.807) is 25.2 Å². The molecular formula is C28H29N5O4. The number of carbonyl (C=O) groups is 3. The van der Waals surface area contributed by atoms with Gasteiger partial charge in [0.1, 0.15) is 11.4 Å². The number of benzene rings is 2. The van der Waals surface area contributed by atoms with E-state index in [4.69, 9.17) is 4.74 Å². The van der Waals surface area contributed by atoms with Gasteiger partial charge in [0.2, 0.25) is 5.91 Å². The Morgan fingerprint density at radius 1 is 1.11 bits per heavy atom. The summed E-state index contributed by atoms with van der Waals surface area (Å²) in [5.41, 5.74) is 3.57. The van der Waals surface area contributed by atoms with Crippen LogP contribution < -0.4 is 16.0 Å². The number of anilines is 2. The standard InChI is InChI=1S/C28H29N5O4/c1-3-20(18-7-5-4-6-8-18)24(32-25(34)23-11-14-29-33(23)2)26(35)30-19-9-10-21-22(17-19)31-27(36)28(21)12-15-37-16-13-28/h4-11,14,17H,3,12-13,15-16H2,1-2H3,(H,30,35)(H,31,36)(H,32,34)/b24-20+. The number of hydrogen-bond donors (Lipinski definition) is 3. The third-order valence-corrected chi connectivity index (χ3v) is 7.12. The maximum atomic E-state index is 13.6. The van der Waals surface area contributed by atoms with Crippen LogP contribution >= 0.6 is 0 Å². The molecule has 1 aromatic heterocycles. The second kappa shape index (κ2) is 10.0. The summed E-state index contributed by atoms with van der Waals surface area (Å²) < 4.78 is 6.93. The van der Waals surface area contributed by atoms with Gasteiger partial charge in [-0.3, -0.25) is 19.1 Å². The lowest BCUT2D eigenvalue weighted by molar-refractivity contribution is -0.124. The number of hydrogen-bond acceptors (Lipinski definition) is 5. The Bertz CT molecular complexity index is 1390. The summed E-state index contributed by atoms with van der Waals surface area (Å²) in [6.45, 7) is 3.01. The third-order valence-electron chi connectivity index (χ3n) is 7.12. The largest absolute Gasteiger partial charge is 0.381 e. The molecule has 0 saturated carbocycles. The molecule has 0 unspecified atom stereocenters. The molecule has 2 aliphatic rings. The molecule has 2 aromatic carbocycles. The first-order valence-corrected chi connectivity index (χ1v) is 12.4. The van der Waals surface area contributed by atoms with E-state index in [0.29, 0.717) is 55.1 Å². The molecule has 9 nitrogen and oxygen atoms in total. The second-order valence-electron chi connectivity index (χ2n) is 9.23. The average Bonchev–Trinajstić information content (AvgIpc) is 3.45. The first kappa shape index (κ1) is 24.5. The summed E-state index contributed by atoms with van der Waals surface area (Å²) in [4.78, 5) is 39.6. The van der Waals surface area contributed by atoms with Gasteiger partial charge in [0.15, 0.2) is 0 Å². The number of amides is 3. The van der Waals surface area contributed by atoms with E-state index in [1.807, 2.05) is 43.3 Å². The van der Waals surface area contributed by atoms with Gasteiger partial charge in [-0.2, -0.15) is 5.10 Å². The van der Waals surface area contributed by atoms with E-state index in [-0.39, 0.29) is 11.6 Å². The van der Waals surface area contributed by atoms with Crippen molar-refractivity contribution in [3.05, 3.63) is 83.3 Å². The van der Waals surface area contributed by atoms with Crippen molar-refractivity contribution in [1.82, 2.24) is 15.1 Å². The van der Waals surface area contributed by atoms with Crippen LogP contribution in [0, 0.1) is 0 Å². The Morgan fingerprint density at radius 3 is 2.54 bits per heavy atom. The fourth-order valence-electron chi connectivity index (χ4n) is 5.12. The van der Waals surface area contributed by atoms with Crippen LogP contribution in [-0.4, -0.2) is 40.7 Å². The molecule has 0 radical (unpaired) electrons. The van der Waals surface area contributed by atoms with Crippen LogP contribution in [-0.2, 0) is 26.8 Å². The maximum Gasteiger partial charge on any atom is 0.274 e. The Labute approximate surface area is 214 Å². The highest BCUT2D eigenvalue weighted by Crippen LogP contribution is 2.45. The van der Waals surface area contributed by atoms with Crippen molar-refractivity contribution in [2.24, 2.45) is 7.05 Å². The minimum atomic E-state index is -0.582. The van der Waals surface area contributed by atoms with Crippen LogP contribution in [0.1, 0.15) is 47.8 Å². The zero-order valence-corrected chi connectivity index (χ0v) is 20.8. The normalized spacial score (nSPS) is 16.5. The highest BCUT2D eigenvalue weighted by atomic mass is 16.5. The summed E-state index contributed by atoms with van der Waals surface area (Å²) >= 11 is 0. The Balaban J connectivity index is 1.47. The molecule has 1 fully saturated rings. The van der Waals surface area contributed by atoms with Crippen LogP contribution in [0.15, 0.2) is 66.5 Å². The van der Waals surface area contributed by atoms with Gasteiger partial charge in [0.25, 0.3) is 11.8 Å². The highest BCUT2D eigenvalue weighted by molar-refractivity contribution is 6.13. The zero-order valence-electron chi connectivity index (χ0n) is 20.8. The van der Waals surface area contributed by atoms with E-state index >= 15 is 0 Å². The van der Waals surface area contributed by atoms with Crippen molar-refractivity contribution in [3.8, 4) is 0 Å². The second-order valence-corrected chi connectivity index (χ2v) is 9.23. The molecule has 3 heterocycles. The van der Waals surface area contributed by atoms with Gasteiger partial charge in [-0.25, -0.2) is 0 Å². The van der Waals surface area contributed by atoms with Crippen LogP contribution in [0.2, 0.25) is 0 Å². The van der Waals surface area contributed by atoms with E-state index in [9.17, 15) is 14.4 Å². The SMILES string of the molecule is CC/C(=C(\NC(=O)c1ccnn1C)C(=O)Nc1ccc2c(c1)NC(=O)C21CCOCC1)c1ccccc1. The van der Waals surface area contributed by atoms with Crippen LogP contribution in [0.25, 0.3) is 5.57 Å². The lowest BCUT2D eigenvalue weighted by Gasteiger charge is -2.31. The van der Waals surface area contributed by atoms with Crippen molar-refractivity contribution in [3.63, 3.8) is 0 Å². The van der Waals surface area contributed by atoms with Gasteiger partial charge < -0.3 is 20.7 Å². The molecule has 0 aliphatic carbocycles. The average molecular weight is 500 g/mol. The molecule has 2 aliphatic heterocycles. The Kier molecular flexibility index (Phi) is 6.62. The predicted octanol–water partition coefficient (Wildman–Crippen LogP) is 3.61. The van der Waals surface area contributed by atoms with Crippen LogP contribution in [0.5, 0.6) is 0 Å². The van der Waals surface area contributed by atoms with Gasteiger partial charge in [-0.05, 0) is 54.2 Å². The molecule has 5 rings (SSSR count). The monoisotopic (exact) mass is 499 g/mol. The lowest BCUT2D eigenvalue weighted by Crippen LogP contribution is -2.39. The number of nitrogens with one attached hydrogen (secondary N) is 3. The number of fused-ring (bicyclic) bond motifs is 2. The van der Waals surface area contributed by atoms with Crippen LogP contribution in [0.4, 0.5) is 11.4 Å². The first-order chi connectivity index (χ1) is 17.9. The van der Waals surface area contributed by atoms with Crippen molar-refractivity contribution in [1.29, 1.82) is 0 Å². The fourth-order valence-corrected chi connectivity index (χ4v) is 5.12. The van der Waals surface area contributed by atoms with Gasteiger partial charge in [-0.1, -0.05) is 43.3 Å². The summed E-state index contributed by atoms with van der Waals surface area (Å²) in [5, 5.41) is 12.8. The van der Waals surface area contributed by atoms with Crippen molar-refractivity contribution < 1.29 is 19.1 Å². The topological polar surface area (TPSA) is 114 Å². The van der Waals surface area contributed by atoms with Crippen molar-refractivity contribution in [2.75, 3.05) is 23.8 Å². The molecule has 3 N–H and O–H groups in total. The van der Waals surface area contributed by atoms with E-state index in [1.165, 1.54) is 10.9 Å². The summed E-state index contributed by atoms with van der Waals surface area (Å²) in [7, 11) is 1.67. The Hall–Kier alpha value is -4.24. The molecule has 1 saturated heterocycles. The summed E-state index contributed by atoms with van der Waals surface area (Å²) in [6.07, 6.45) is 3.30. The van der Waals surface area contributed by atoms with E-state index in [0.717, 1.165) is 11.1 Å². The molecule has 3 aromatic rings. The predicted molar refractivity (Wildman–Crippen MR) is 140 cm³/mol. The highest BCUT2D eigenvalue weighted by Gasteiger charge is 2.47. The van der Waals surface area contributed by atoms with Crippen molar-refractivity contribution >= 4 is 34.7 Å². The molecule has 0 atom stereocenters. The van der Waals surface area contributed by atoms with Gasteiger partial charge in [0, 0.05) is 37.8 Å². The number of aromatic nitrogens is 2. The molecule has 37 heavy (non-hydrogen) atoms. The minimum absolute atomic E-state index is 0.0318. The molecule has 3 amide bonds. The smallest absolute Gasteiger partial charge is 0.274 e. The first-order valence-electron chi connectivity index (χ1n) is 12.4. The number of carbonyl (C=O) groups excluding carboxylic acids is 3. The Morgan fingerprint density at radius 2 is 1.86 bits per heavy atom. The fraction of sp³-hybridized carbons (Fsp3) is 0.286. The quantitative estimate of drug-likeness (QED) is 0.449. The molecule has 1 spiro atoms. The van der Waals surface area contributed by atoms with E-state index in [2.05, 4.69) is 21.0 Å². The van der Waals surface area contributed by atoms with Crippen LogP contribution in [0.3, 0.4) is 0 Å². The number of nitrogens with zero attached hydrogens (tertiary/aromatic N) is 2. The van der Waals surface area contributed by atoms with Gasteiger partial charge >= 0.3 is 0 Å². The number of aryl methyl sites for hydroxylation is 1. The number of rotatable bonds is 6. The maximum absolute atomic E-state index is 13.6. The van der Waals surface area contributed by atoms with Crippen molar-refractivity contribution in [2.45, 2.75) is 31.6 Å². The summed E-state index contributed by atoms with van der Waals surface area (Å²) in [6, 6.07) is 16.5. The number of allylic oxidation sites excluding steroid dienone is 1. The third kappa shape index (κ3) is 4.53. The molecule has 9 heteroatoms.